The van der Waals surface area contributed by atoms with E-state index in [0.29, 0.717) is 6.04 Å². The first kappa shape index (κ1) is 14.0. The Kier molecular flexibility index (Phi) is 4.39. The molecule has 0 aliphatic heterocycles. The van der Waals surface area contributed by atoms with Crippen molar-refractivity contribution >= 4 is 11.8 Å². The predicted molar refractivity (Wildman–Crippen MR) is 81.4 cm³/mol. The van der Waals surface area contributed by atoms with Crippen molar-refractivity contribution in [3.8, 4) is 0 Å². The molecule has 1 aliphatic carbocycles. The molecule has 100 valence electrons. The molecule has 0 saturated heterocycles. The summed E-state index contributed by atoms with van der Waals surface area (Å²) in [6, 6.07) is 9.77. The van der Waals surface area contributed by atoms with Gasteiger partial charge in [-0.25, -0.2) is 0 Å². The monoisotopic (exact) mass is 263 g/mol. The van der Waals surface area contributed by atoms with Crippen LogP contribution >= 0.6 is 11.8 Å². The van der Waals surface area contributed by atoms with Crippen LogP contribution < -0.4 is 5.32 Å². The summed E-state index contributed by atoms with van der Waals surface area (Å²) in [5, 5.41) is 3.45. The lowest BCUT2D eigenvalue weighted by molar-refractivity contribution is 0.554. The Morgan fingerprint density at radius 2 is 1.83 bits per heavy atom. The van der Waals surface area contributed by atoms with Gasteiger partial charge in [0.25, 0.3) is 0 Å². The van der Waals surface area contributed by atoms with Crippen molar-refractivity contribution in [2.45, 2.75) is 50.0 Å². The first-order valence-electron chi connectivity index (χ1n) is 6.91. The average molecular weight is 263 g/mol. The van der Waals surface area contributed by atoms with Gasteiger partial charge >= 0.3 is 0 Å². The van der Waals surface area contributed by atoms with E-state index in [1.165, 1.54) is 29.1 Å². The summed E-state index contributed by atoms with van der Waals surface area (Å²) in [5.41, 5.74) is 1.67. The predicted octanol–water partition coefficient (Wildman–Crippen LogP) is 4.07. The second-order valence-corrected chi connectivity index (χ2v) is 7.41. The first-order chi connectivity index (χ1) is 8.50. The highest BCUT2D eigenvalue weighted by Gasteiger charge is 2.29. The molecular weight excluding hydrogens is 238 g/mol. The van der Waals surface area contributed by atoms with E-state index < -0.39 is 0 Å². The average Bonchev–Trinajstić information content (AvgIpc) is 3.14. The van der Waals surface area contributed by atoms with Crippen molar-refractivity contribution < 1.29 is 0 Å². The highest BCUT2D eigenvalue weighted by Crippen LogP contribution is 2.35. The van der Waals surface area contributed by atoms with Gasteiger partial charge in [-0.3, -0.25) is 0 Å². The molecule has 1 saturated carbocycles. The number of thioether (sulfide) groups is 1. The van der Waals surface area contributed by atoms with E-state index in [2.05, 4.69) is 57.4 Å². The van der Waals surface area contributed by atoms with E-state index in [4.69, 9.17) is 0 Å². The van der Waals surface area contributed by atoms with Gasteiger partial charge in [-0.05, 0) is 48.9 Å². The second-order valence-electron chi connectivity index (χ2n) is 6.32. The van der Waals surface area contributed by atoms with Crippen LogP contribution in [0.5, 0.6) is 0 Å². The topological polar surface area (TPSA) is 12.0 Å². The van der Waals surface area contributed by atoms with Gasteiger partial charge in [0.1, 0.15) is 0 Å². The van der Waals surface area contributed by atoms with Gasteiger partial charge in [-0.1, -0.05) is 32.9 Å². The standard InChI is InChI=1S/C16H25NS/c1-16(2,3)13-7-9-14(10-8-13)18-11-15(17-4)12-5-6-12/h7-10,12,15,17H,5-6,11H2,1-4H3. The quantitative estimate of drug-likeness (QED) is 0.804. The van der Waals surface area contributed by atoms with Crippen LogP contribution in [-0.2, 0) is 5.41 Å². The van der Waals surface area contributed by atoms with Crippen LogP contribution in [-0.4, -0.2) is 18.8 Å². The van der Waals surface area contributed by atoms with Crippen molar-refractivity contribution in [2.24, 2.45) is 5.92 Å². The van der Waals surface area contributed by atoms with Gasteiger partial charge in [0, 0.05) is 16.7 Å². The van der Waals surface area contributed by atoms with E-state index >= 15 is 0 Å². The fourth-order valence-corrected chi connectivity index (χ4v) is 3.33. The maximum absolute atomic E-state index is 3.45. The Balaban J connectivity index is 1.90. The lowest BCUT2D eigenvalue weighted by Gasteiger charge is -2.19. The van der Waals surface area contributed by atoms with Crippen molar-refractivity contribution in [1.29, 1.82) is 0 Å². The highest BCUT2D eigenvalue weighted by molar-refractivity contribution is 7.99. The zero-order chi connectivity index (χ0) is 13.2. The zero-order valence-corrected chi connectivity index (χ0v) is 12.8. The number of hydrogen-bond acceptors (Lipinski definition) is 2. The lowest BCUT2D eigenvalue weighted by Crippen LogP contribution is -2.29. The molecule has 2 rings (SSSR count). The van der Waals surface area contributed by atoms with Crippen molar-refractivity contribution in [3.63, 3.8) is 0 Å². The number of benzene rings is 1. The van der Waals surface area contributed by atoms with Crippen LogP contribution in [0, 0.1) is 5.92 Å². The van der Waals surface area contributed by atoms with Gasteiger partial charge in [0.2, 0.25) is 0 Å². The molecule has 1 atom stereocenters. The summed E-state index contributed by atoms with van der Waals surface area (Å²) in [6.45, 7) is 6.79. The molecule has 1 aliphatic rings. The van der Waals surface area contributed by atoms with Gasteiger partial charge in [-0.2, -0.15) is 0 Å². The van der Waals surface area contributed by atoms with E-state index in [1.54, 1.807) is 0 Å². The van der Waals surface area contributed by atoms with Gasteiger partial charge < -0.3 is 5.32 Å². The normalized spacial score (nSPS) is 17.8. The molecule has 0 aromatic heterocycles. The molecule has 1 fully saturated rings. The summed E-state index contributed by atoms with van der Waals surface area (Å²) in [4.78, 5) is 1.39. The van der Waals surface area contributed by atoms with Gasteiger partial charge in [-0.15, -0.1) is 11.8 Å². The fraction of sp³-hybridized carbons (Fsp3) is 0.625. The molecule has 0 amide bonds. The Labute approximate surface area is 116 Å². The molecule has 1 unspecified atom stereocenters. The van der Waals surface area contributed by atoms with Crippen LogP contribution in [0.4, 0.5) is 0 Å². The molecule has 1 aromatic carbocycles. The molecule has 18 heavy (non-hydrogen) atoms. The Hall–Kier alpha value is -0.470. The molecule has 1 N–H and O–H groups in total. The molecule has 0 spiro atoms. The van der Waals surface area contributed by atoms with E-state index in [0.717, 1.165) is 5.92 Å². The minimum Gasteiger partial charge on any atom is -0.316 e. The molecular formula is C16H25NS. The van der Waals surface area contributed by atoms with E-state index in [-0.39, 0.29) is 5.41 Å². The molecule has 0 bridgehead atoms. The van der Waals surface area contributed by atoms with E-state index in [9.17, 15) is 0 Å². The molecule has 0 heterocycles. The number of rotatable bonds is 5. The second kappa shape index (κ2) is 5.66. The Morgan fingerprint density at radius 1 is 1.22 bits per heavy atom. The minimum absolute atomic E-state index is 0.255. The fourth-order valence-electron chi connectivity index (χ4n) is 2.19. The Bertz CT molecular complexity index is 373. The van der Waals surface area contributed by atoms with Crippen LogP contribution in [0.3, 0.4) is 0 Å². The lowest BCUT2D eigenvalue weighted by atomic mass is 9.87. The van der Waals surface area contributed by atoms with E-state index in [1.807, 2.05) is 11.8 Å². The third-order valence-corrected chi connectivity index (χ3v) is 4.84. The maximum Gasteiger partial charge on any atom is 0.0186 e. The number of hydrogen-bond donors (Lipinski definition) is 1. The van der Waals surface area contributed by atoms with Crippen molar-refractivity contribution in [2.75, 3.05) is 12.8 Å². The van der Waals surface area contributed by atoms with Crippen LogP contribution in [0.15, 0.2) is 29.2 Å². The minimum atomic E-state index is 0.255. The number of nitrogens with one attached hydrogen (secondary N) is 1. The van der Waals surface area contributed by atoms with Crippen LogP contribution in [0.1, 0.15) is 39.2 Å². The summed E-state index contributed by atoms with van der Waals surface area (Å²) in [7, 11) is 2.09. The van der Waals surface area contributed by atoms with Crippen molar-refractivity contribution in [3.05, 3.63) is 29.8 Å². The third kappa shape index (κ3) is 3.76. The van der Waals surface area contributed by atoms with Crippen molar-refractivity contribution in [1.82, 2.24) is 5.32 Å². The van der Waals surface area contributed by atoms with Gasteiger partial charge in [0.05, 0.1) is 0 Å². The summed E-state index contributed by atoms with van der Waals surface area (Å²) < 4.78 is 0. The molecule has 1 aromatic rings. The Morgan fingerprint density at radius 3 is 2.28 bits per heavy atom. The van der Waals surface area contributed by atoms with Gasteiger partial charge in [0.15, 0.2) is 0 Å². The molecule has 2 heteroatoms. The molecule has 0 radical (unpaired) electrons. The SMILES string of the molecule is CNC(CSc1ccc(C(C)(C)C)cc1)C1CC1. The first-order valence-corrected chi connectivity index (χ1v) is 7.90. The maximum atomic E-state index is 3.45. The summed E-state index contributed by atoms with van der Waals surface area (Å²) in [5.74, 6) is 2.12. The largest absolute Gasteiger partial charge is 0.316 e. The van der Waals surface area contributed by atoms with Crippen LogP contribution in [0.2, 0.25) is 0 Å². The van der Waals surface area contributed by atoms with Crippen LogP contribution in [0.25, 0.3) is 0 Å². The summed E-state index contributed by atoms with van der Waals surface area (Å²) in [6.07, 6.45) is 2.82. The smallest absolute Gasteiger partial charge is 0.0186 e. The third-order valence-electron chi connectivity index (χ3n) is 3.71. The highest BCUT2D eigenvalue weighted by atomic mass is 32.2. The molecule has 1 nitrogen and oxygen atoms in total. The zero-order valence-electron chi connectivity index (χ0n) is 12.0. The summed E-state index contributed by atoms with van der Waals surface area (Å²) >= 11 is 1.98.